The molecule has 3 aromatic rings. The average Bonchev–Trinajstić information content (AvgIpc) is 3.45. The summed E-state index contributed by atoms with van der Waals surface area (Å²) in [6.45, 7) is 0. The highest BCUT2D eigenvalue weighted by molar-refractivity contribution is 6.01. The maximum atomic E-state index is 13.2. The van der Waals surface area contributed by atoms with E-state index >= 15 is 0 Å². The van der Waals surface area contributed by atoms with Crippen molar-refractivity contribution in [1.82, 2.24) is 9.13 Å². The number of carbonyl (C=O) groups is 1. The van der Waals surface area contributed by atoms with E-state index in [9.17, 15) is 14.4 Å². The summed E-state index contributed by atoms with van der Waals surface area (Å²) in [5.74, 6) is -0.474. The molecule has 27 heavy (non-hydrogen) atoms. The molecular formula is C22H20N2O3. The molecule has 5 nitrogen and oxygen atoms in total. The SMILES string of the molecule is Cn1c([C@H]2[C@H](C(=O)c3ccccc3)[C@@H]2c2ccccc2)cc(=O)n(C)c1=O. The van der Waals surface area contributed by atoms with Crippen LogP contribution in [0.5, 0.6) is 0 Å². The van der Waals surface area contributed by atoms with Crippen molar-refractivity contribution in [2.45, 2.75) is 11.8 Å². The molecule has 0 spiro atoms. The fraction of sp³-hybridized carbons (Fsp3) is 0.227. The van der Waals surface area contributed by atoms with Gasteiger partial charge in [-0.3, -0.25) is 14.2 Å². The molecule has 2 aromatic carbocycles. The normalized spacial score (nSPS) is 21.0. The highest BCUT2D eigenvalue weighted by atomic mass is 16.2. The average molecular weight is 360 g/mol. The number of nitrogens with zero attached hydrogens (tertiary/aromatic N) is 2. The van der Waals surface area contributed by atoms with Gasteiger partial charge in [-0.25, -0.2) is 4.79 Å². The minimum Gasteiger partial charge on any atom is -0.300 e. The van der Waals surface area contributed by atoms with E-state index in [1.807, 2.05) is 60.7 Å². The predicted octanol–water partition coefficient (Wildman–Crippen LogP) is 2.46. The molecule has 0 N–H and O–H groups in total. The molecule has 0 radical (unpaired) electrons. The number of rotatable bonds is 4. The van der Waals surface area contributed by atoms with Gasteiger partial charge < -0.3 is 4.57 Å². The Morgan fingerprint density at radius 3 is 2.04 bits per heavy atom. The standard InChI is InChI=1S/C22H20N2O3/c1-23-16(13-17(25)24(2)22(23)27)19-18(14-9-5-3-6-10-14)20(19)21(26)15-11-7-4-8-12-15/h3-13,18-20H,1-2H3/t18-,19-,20-/m1/s1. The molecule has 1 aliphatic rings. The summed E-state index contributed by atoms with van der Waals surface area (Å²) in [6.07, 6.45) is 0. The molecule has 1 aliphatic carbocycles. The second-order valence-electron chi connectivity index (χ2n) is 7.03. The topological polar surface area (TPSA) is 61.1 Å². The van der Waals surface area contributed by atoms with Gasteiger partial charge in [0.1, 0.15) is 0 Å². The lowest BCUT2D eigenvalue weighted by molar-refractivity contribution is 0.0962. The number of carbonyl (C=O) groups excluding carboxylic acids is 1. The number of benzene rings is 2. The first-order valence-electron chi connectivity index (χ1n) is 8.92. The van der Waals surface area contributed by atoms with Crippen LogP contribution < -0.4 is 11.2 Å². The largest absolute Gasteiger partial charge is 0.330 e. The highest BCUT2D eigenvalue weighted by Crippen LogP contribution is 2.61. The lowest BCUT2D eigenvalue weighted by atomic mass is 10.0. The van der Waals surface area contributed by atoms with Gasteiger partial charge in [0, 0.05) is 49.2 Å². The van der Waals surface area contributed by atoms with Crippen molar-refractivity contribution in [3.05, 3.63) is 104 Å². The maximum absolute atomic E-state index is 13.2. The molecule has 1 aromatic heterocycles. The van der Waals surface area contributed by atoms with E-state index in [1.165, 1.54) is 17.7 Å². The molecule has 136 valence electrons. The van der Waals surface area contributed by atoms with E-state index in [0.717, 1.165) is 10.1 Å². The van der Waals surface area contributed by atoms with Crippen LogP contribution in [0.3, 0.4) is 0 Å². The minimum atomic E-state index is -0.373. The third-order valence-corrected chi connectivity index (χ3v) is 5.47. The zero-order valence-electron chi connectivity index (χ0n) is 15.2. The van der Waals surface area contributed by atoms with Crippen LogP contribution >= 0.6 is 0 Å². The molecule has 1 fully saturated rings. The van der Waals surface area contributed by atoms with Crippen molar-refractivity contribution in [2.24, 2.45) is 20.0 Å². The fourth-order valence-electron chi connectivity index (χ4n) is 3.96. The molecule has 1 saturated carbocycles. The first-order chi connectivity index (χ1) is 13.0. The van der Waals surface area contributed by atoms with Crippen LogP contribution in [0.4, 0.5) is 0 Å². The summed E-state index contributed by atoms with van der Waals surface area (Å²) in [7, 11) is 3.12. The van der Waals surface area contributed by atoms with Crippen LogP contribution in [-0.4, -0.2) is 14.9 Å². The summed E-state index contributed by atoms with van der Waals surface area (Å²) >= 11 is 0. The number of aromatic nitrogens is 2. The zero-order valence-corrected chi connectivity index (χ0v) is 15.2. The molecule has 0 bridgehead atoms. The van der Waals surface area contributed by atoms with Crippen LogP contribution in [0.2, 0.25) is 0 Å². The van der Waals surface area contributed by atoms with Crippen molar-refractivity contribution in [1.29, 1.82) is 0 Å². The molecular weight excluding hydrogens is 340 g/mol. The van der Waals surface area contributed by atoms with E-state index in [4.69, 9.17) is 0 Å². The van der Waals surface area contributed by atoms with E-state index in [1.54, 1.807) is 7.05 Å². The van der Waals surface area contributed by atoms with Crippen molar-refractivity contribution in [2.75, 3.05) is 0 Å². The van der Waals surface area contributed by atoms with Gasteiger partial charge in [0.15, 0.2) is 5.78 Å². The Balaban J connectivity index is 1.82. The van der Waals surface area contributed by atoms with E-state index in [2.05, 4.69) is 0 Å². The van der Waals surface area contributed by atoms with E-state index < -0.39 is 0 Å². The van der Waals surface area contributed by atoms with Crippen molar-refractivity contribution in [3.8, 4) is 0 Å². The summed E-state index contributed by atoms with van der Waals surface area (Å²) in [4.78, 5) is 37.7. The maximum Gasteiger partial charge on any atom is 0.330 e. The summed E-state index contributed by atoms with van der Waals surface area (Å²) < 4.78 is 2.57. The molecule has 0 unspecified atom stereocenters. The number of hydrogen-bond acceptors (Lipinski definition) is 3. The lowest BCUT2D eigenvalue weighted by Gasteiger charge is -2.09. The first-order valence-corrected chi connectivity index (χ1v) is 8.92. The van der Waals surface area contributed by atoms with Crippen molar-refractivity contribution in [3.63, 3.8) is 0 Å². The second-order valence-corrected chi connectivity index (χ2v) is 7.03. The minimum absolute atomic E-state index is 0.0441. The van der Waals surface area contributed by atoms with Crippen LogP contribution in [0, 0.1) is 5.92 Å². The van der Waals surface area contributed by atoms with Gasteiger partial charge in [-0.15, -0.1) is 0 Å². The molecule has 0 aliphatic heterocycles. The Morgan fingerprint density at radius 1 is 0.815 bits per heavy atom. The fourth-order valence-corrected chi connectivity index (χ4v) is 3.96. The Hall–Kier alpha value is -3.21. The monoisotopic (exact) mass is 360 g/mol. The molecule has 4 rings (SSSR count). The number of ketones is 1. The van der Waals surface area contributed by atoms with Gasteiger partial charge in [-0.05, 0) is 5.56 Å². The first kappa shape index (κ1) is 17.2. The smallest absolute Gasteiger partial charge is 0.300 e. The van der Waals surface area contributed by atoms with Crippen molar-refractivity contribution >= 4 is 5.78 Å². The van der Waals surface area contributed by atoms with Crippen LogP contribution in [0.15, 0.2) is 76.3 Å². The molecule has 3 atom stereocenters. The molecule has 0 amide bonds. The van der Waals surface area contributed by atoms with Gasteiger partial charge in [0.05, 0.1) is 0 Å². The zero-order chi connectivity index (χ0) is 19.1. The van der Waals surface area contributed by atoms with Gasteiger partial charge in [-0.1, -0.05) is 60.7 Å². The molecule has 1 heterocycles. The number of hydrogen-bond donors (Lipinski definition) is 0. The second kappa shape index (κ2) is 6.50. The Labute approximate surface area is 156 Å². The lowest BCUT2D eigenvalue weighted by Crippen LogP contribution is -2.38. The van der Waals surface area contributed by atoms with Crippen LogP contribution in [-0.2, 0) is 14.1 Å². The number of Topliss-reactive ketones (excluding diaryl/α,β-unsaturated/α-hetero) is 1. The van der Waals surface area contributed by atoms with E-state index in [0.29, 0.717) is 11.3 Å². The Morgan fingerprint density at radius 2 is 1.41 bits per heavy atom. The summed E-state index contributed by atoms with van der Waals surface area (Å²) in [6, 6.07) is 20.5. The van der Waals surface area contributed by atoms with Crippen LogP contribution in [0.1, 0.15) is 33.5 Å². The van der Waals surface area contributed by atoms with Gasteiger partial charge in [-0.2, -0.15) is 0 Å². The third kappa shape index (κ3) is 2.85. The Bertz CT molecular complexity index is 1110. The highest BCUT2D eigenvalue weighted by Gasteiger charge is 2.57. The van der Waals surface area contributed by atoms with Gasteiger partial charge in [0.25, 0.3) is 5.56 Å². The Kier molecular flexibility index (Phi) is 4.15. The van der Waals surface area contributed by atoms with Gasteiger partial charge >= 0.3 is 5.69 Å². The summed E-state index contributed by atoms with van der Waals surface area (Å²) in [5, 5.41) is 0. The van der Waals surface area contributed by atoms with Crippen LogP contribution in [0.25, 0.3) is 0 Å². The summed E-state index contributed by atoms with van der Waals surface area (Å²) in [5.41, 5.74) is 1.59. The van der Waals surface area contributed by atoms with Gasteiger partial charge in [0.2, 0.25) is 0 Å². The molecule has 5 heteroatoms. The predicted molar refractivity (Wildman–Crippen MR) is 103 cm³/mol. The quantitative estimate of drug-likeness (QED) is 0.672. The third-order valence-electron chi connectivity index (χ3n) is 5.47. The van der Waals surface area contributed by atoms with E-state index in [-0.39, 0.29) is 34.8 Å². The molecule has 0 saturated heterocycles. The van der Waals surface area contributed by atoms with Crippen molar-refractivity contribution < 1.29 is 4.79 Å².